The highest BCUT2D eigenvalue weighted by atomic mass is 16.7. The van der Waals surface area contributed by atoms with Gasteiger partial charge in [0.25, 0.3) is 0 Å². The van der Waals surface area contributed by atoms with Gasteiger partial charge in [0.15, 0.2) is 6.79 Å². The van der Waals surface area contributed by atoms with E-state index in [2.05, 4.69) is 52.1 Å². The first-order valence-corrected chi connectivity index (χ1v) is 50.0. The van der Waals surface area contributed by atoms with Gasteiger partial charge in [0.2, 0.25) is 0 Å². The summed E-state index contributed by atoms with van der Waals surface area (Å²) in [4.78, 5) is 176. The van der Waals surface area contributed by atoms with Crippen LogP contribution in [0.1, 0.15) is 261 Å². The second kappa shape index (κ2) is 53.9. The zero-order valence-corrected chi connectivity index (χ0v) is 86.1. The van der Waals surface area contributed by atoms with Crippen LogP contribution in [0.2, 0.25) is 0 Å². The number of carbonyl (C=O) groups excluding carboxylic acids is 16. The van der Waals surface area contributed by atoms with Crippen molar-refractivity contribution < 1.29 is 190 Å². The Morgan fingerprint density at radius 2 is 0.577 bits per heavy atom. The van der Waals surface area contributed by atoms with E-state index in [1.165, 1.54) is 151 Å². The number of esters is 15. The molecule has 0 aromatic carbocycles. The average molecular weight is 2020 g/mol. The Kier molecular flexibility index (Phi) is 44.3. The molecule has 21 fully saturated rings. The van der Waals surface area contributed by atoms with Crippen LogP contribution in [0, 0.1) is 93.2 Å². The molecule has 0 amide bonds. The molecule has 0 aliphatic heterocycles. The Morgan fingerprint density at radius 1 is 0.254 bits per heavy atom. The third-order valence-corrected chi connectivity index (χ3v) is 31.0. The Balaban J connectivity index is 0.000000183. The highest BCUT2D eigenvalue weighted by molar-refractivity contribution is 5.74. The van der Waals surface area contributed by atoms with Crippen molar-refractivity contribution in [2.75, 3.05) is 150 Å². The fraction of sp³-hybridized carbons (Fsp3) is 0.843. The number of methoxy groups -OCH3 is 8. The normalized spacial score (nSPS) is 33.7. The Hall–Kier alpha value is -8.96. The summed E-state index contributed by atoms with van der Waals surface area (Å²) in [6.07, 6.45) is 32.6. The van der Waals surface area contributed by atoms with Crippen molar-refractivity contribution >= 4 is 95.7 Å². The average Bonchev–Trinajstić information content (AvgIpc) is 0.733. The molecule has 0 heterocycles. The first-order valence-electron chi connectivity index (χ1n) is 50.0. The molecule has 804 valence electrons. The number of ether oxygens (including phenoxy) is 24. The van der Waals surface area contributed by atoms with Crippen molar-refractivity contribution in [3.05, 3.63) is 0 Å². The maximum atomic E-state index is 11.5. The van der Waals surface area contributed by atoms with E-state index in [-0.39, 0.29) is 195 Å². The van der Waals surface area contributed by atoms with Gasteiger partial charge in [-0.25, -0.2) is 38.4 Å². The molecule has 21 aliphatic carbocycles. The van der Waals surface area contributed by atoms with E-state index in [4.69, 9.17) is 61.6 Å². The van der Waals surface area contributed by atoms with Crippen molar-refractivity contribution in [2.24, 2.45) is 93.2 Å². The number of hydrogen-bond donors (Lipinski definition) is 0. The number of carbonyl (C=O) groups is 16. The van der Waals surface area contributed by atoms with E-state index in [1.807, 2.05) is 0 Å². The lowest BCUT2D eigenvalue weighted by molar-refractivity contribution is -0.234. The first-order chi connectivity index (χ1) is 67.3. The van der Waals surface area contributed by atoms with Gasteiger partial charge in [-0.15, -0.1) is 0 Å². The molecular weight excluding hydrogens is 1870 g/mol. The highest BCUT2D eigenvalue weighted by Crippen LogP contribution is 2.67. The van der Waals surface area contributed by atoms with E-state index in [0.717, 1.165) is 173 Å². The van der Waals surface area contributed by atoms with Crippen LogP contribution in [-0.4, -0.2) is 292 Å². The molecule has 40 nitrogen and oxygen atoms in total. The lowest BCUT2D eigenvalue weighted by Gasteiger charge is -2.61. The fourth-order valence-corrected chi connectivity index (χ4v) is 27.9. The predicted octanol–water partition coefficient (Wildman–Crippen LogP) is 10.9. The minimum Gasteiger partial charge on any atom is -0.467 e. The monoisotopic (exact) mass is 2020 g/mol. The van der Waals surface area contributed by atoms with Gasteiger partial charge in [-0.3, -0.25) is 38.4 Å². The molecule has 0 N–H and O–H groups in total. The minimum absolute atomic E-state index is 0.00374. The van der Waals surface area contributed by atoms with Crippen LogP contribution in [0.4, 0.5) is 4.79 Å². The molecule has 20 bridgehead atoms. The summed E-state index contributed by atoms with van der Waals surface area (Å²) in [5, 5.41) is 0. The van der Waals surface area contributed by atoms with Gasteiger partial charge < -0.3 is 114 Å². The van der Waals surface area contributed by atoms with Gasteiger partial charge >= 0.3 is 95.7 Å². The van der Waals surface area contributed by atoms with Gasteiger partial charge in [-0.2, -0.15) is 0 Å². The molecule has 0 aromatic rings. The number of rotatable bonds is 35. The second-order valence-corrected chi connectivity index (χ2v) is 42.7. The smallest absolute Gasteiger partial charge is 0.467 e. The van der Waals surface area contributed by atoms with Crippen LogP contribution in [-0.2, 0) is 186 Å². The molecule has 0 spiro atoms. The van der Waals surface area contributed by atoms with Gasteiger partial charge in [-0.1, -0.05) is 0 Å². The second-order valence-electron chi connectivity index (χ2n) is 42.7. The molecule has 0 radical (unpaired) electrons. The van der Waals surface area contributed by atoms with Crippen LogP contribution in [0.15, 0.2) is 0 Å². The van der Waals surface area contributed by atoms with E-state index < -0.39 is 29.7 Å². The predicted molar refractivity (Wildman–Crippen MR) is 493 cm³/mol. The Bertz CT molecular complexity index is 4170. The Labute approximate surface area is 832 Å². The van der Waals surface area contributed by atoms with Crippen molar-refractivity contribution in [2.45, 2.75) is 307 Å². The maximum absolute atomic E-state index is 11.5. The lowest BCUT2D eigenvalue weighted by atomic mass is 9.48. The molecule has 0 saturated heterocycles. The number of hydrogen-bond acceptors (Lipinski definition) is 40. The van der Waals surface area contributed by atoms with E-state index in [1.54, 1.807) is 0 Å². The molecule has 0 aromatic heterocycles. The summed E-state index contributed by atoms with van der Waals surface area (Å²) in [6, 6.07) is 0. The summed E-state index contributed by atoms with van der Waals surface area (Å²) >= 11 is 0. The van der Waals surface area contributed by atoms with E-state index in [9.17, 15) is 76.7 Å². The molecule has 21 rings (SSSR count). The fourth-order valence-electron chi connectivity index (χ4n) is 27.9. The standard InChI is InChI=1S/2C16H24O5.3C15H22O5.C12H20O5.C7H12O5.C6H10O5/c1-11(17)20-10-15-4-12-3-13(5-15)7-16(6-12,9-15)21-8-14(18)19-2;1-10(17)21-9-16-5-11-3-12(6-16)15(13(4-11)7-16)20-8-14(18)19-2;1-10(16)19-9-14-4-11-3-12(5-14)7-15(6-11,8-14)20-13(17)18-2;1-10(16)20-15-6-11-3-12(7-15)5-14(4-11,9-15)19-8-13(17)18-2;1-9(16)20-15-5-10-3-11(6-15)14(12(4-10)7-15)19-8-13(17)18-2;1-9(13)16-7-10-3-5-11(6-4-10)17-8-12(14)15-2;1-6(8)12-4-3-11-5-7(9)10-2;1-5(7)11-4-10-3-6(8)9-2/h12-13H,3-10H2,1-2H3;11-13,15H,3-9H2,1-2H3;2*11-12H,3-9H2,1-2H3;10-12,14H,3-8H2,1-2H3;10-11H,3-8H2,1-2H3;3-5H2,1-2H3;3-4H2,1-2H3. The van der Waals surface area contributed by atoms with Gasteiger partial charge in [0.1, 0.15) is 69.7 Å². The molecular formula is C102H156O40. The van der Waals surface area contributed by atoms with Crippen LogP contribution in [0.3, 0.4) is 0 Å². The minimum atomic E-state index is -0.588. The van der Waals surface area contributed by atoms with Crippen LogP contribution in [0.5, 0.6) is 0 Å². The highest BCUT2D eigenvalue weighted by Gasteiger charge is 2.65. The lowest BCUT2D eigenvalue weighted by Crippen LogP contribution is -2.61. The van der Waals surface area contributed by atoms with Crippen molar-refractivity contribution in [1.82, 2.24) is 0 Å². The van der Waals surface area contributed by atoms with Crippen LogP contribution in [0.25, 0.3) is 0 Å². The van der Waals surface area contributed by atoms with Crippen LogP contribution < -0.4 is 0 Å². The molecule has 21 aliphatic rings. The van der Waals surface area contributed by atoms with Gasteiger partial charge in [0, 0.05) is 78.1 Å². The summed E-state index contributed by atoms with van der Waals surface area (Å²) in [7, 11) is 10.7. The third-order valence-electron chi connectivity index (χ3n) is 31.0. The Morgan fingerprint density at radius 3 is 0.979 bits per heavy atom. The van der Waals surface area contributed by atoms with E-state index in [0.29, 0.717) is 97.4 Å². The summed E-state index contributed by atoms with van der Waals surface area (Å²) in [6.45, 7) is 13.3. The zero-order chi connectivity index (χ0) is 104. The molecule has 10 atom stereocenters. The third kappa shape index (κ3) is 35.7. The molecule has 40 heteroatoms. The maximum Gasteiger partial charge on any atom is 0.508 e. The van der Waals surface area contributed by atoms with Crippen molar-refractivity contribution in [3.8, 4) is 0 Å². The van der Waals surface area contributed by atoms with Crippen molar-refractivity contribution in [1.29, 1.82) is 0 Å². The SMILES string of the molecule is COC(=O)COC12CC3CC(C1)CC(OC(C)=O)(C3)C2.COC(=O)COC12CC3CC(CC(COC(C)=O)(C3)C1)C2.COC(=O)COC1C2CC3CC1CC(COC(C)=O)(C3)C2.COC(=O)COC1C2CC3CC1CC(OC(C)=O)(C3)C2.COC(=O)COC1CCC(COC(C)=O)CC1.COC(=O)COCCOC(C)=O.COC(=O)COCOC(C)=O.COC(=O)OC12CC3CC(CC(COC(C)=O)(C3)C1)C2. The van der Waals surface area contributed by atoms with E-state index >= 15 is 0 Å². The van der Waals surface area contributed by atoms with Gasteiger partial charge in [-0.05, 0) is 276 Å². The largest absolute Gasteiger partial charge is 0.508 e. The summed E-state index contributed by atoms with van der Waals surface area (Å²) < 4.78 is 122. The van der Waals surface area contributed by atoms with Crippen molar-refractivity contribution in [3.63, 3.8) is 0 Å². The summed E-state index contributed by atoms with van der Waals surface area (Å²) in [5.74, 6) is 2.49. The molecule has 21 saturated carbocycles. The van der Waals surface area contributed by atoms with Crippen LogP contribution >= 0.6 is 0 Å². The quantitative estimate of drug-likeness (QED) is 0.0246. The molecule has 10 unspecified atom stereocenters. The van der Waals surface area contributed by atoms with Gasteiger partial charge in [0.05, 0.1) is 119 Å². The first kappa shape index (κ1) is 117. The molecule has 142 heavy (non-hydrogen) atoms. The summed E-state index contributed by atoms with van der Waals surface area (Å²) in [5.41, 5.74) is -1.29. The zero-order valence-electron chi connectivity index (χ0n) is 86.1. The topological polar surface area (TPSA) is 495 Å².